The molecule has 3 aromatic carbocycles. The Bertz CT molecular complexity index is 1460. The normalized spacial score (nSPS) is 12.1. The number of carbonyl (C=O) groups excluding carboxylic acids is 2. The highest BCUT2D eigenvalue weighted by Crippen LogP contribution is 2.35. The summed E-state index contributed by atoms with van der Waals surface area (Å²) < 4.78 is 10.8. The van der Waals surface area contributed by atoms with Crippen molar-refractivity contribution in [3.05, 3.63) is 95.2 Å². The molecule has 0 aliphatic rings. The number of hydrogen-bond donors (Lipinski definition) is 4. The van der Waals surface area contributed by atoms with Crippen molar-refractivity contribution in [2.45, 2.75) is 45.1 Å². The van der Waals surface area contributed by atoms with Crippen LogP contribution in [0.2, 0.25) is 25.7 Å². The number of hydrogen-bond acceptors (Lipinski definition) is 5. The Hall–Kier alpha value is -4.08. The minimum atomic E-state index is -1.27. The Morgan fingerprint density at radius 1 is 0.925 bits per heavy atom. The van der Waals surface area contributed by atoms with E-state index in [9.17, 15) is 9.59 Å². The second-order valence-corrected chi connectivity index (χ2v) is 16.7. The Kier molecular flexibility index (Phi) is 9.29. The quantitative estimate of drug-likeness (QED) is 0.153. The van der Waals surface area contributed by atoms with Crippen molar-refractivity contribution >= 4 is 42.5 Å². The third-order valence-electron chi connectivity index (χ3n) is 6.86. The summed E-state index contributed by atoms with van der Waals surface area (Å²) in [5, 5.41) is 6.70. The molecular weight excluding hydrogens is 520 g/mol. The van der Waals surface area contributed by atoms with Gasteiger partial charge in [0.1, 0.15) is 6.61 Å². The molecule has 4 rings (SSSR count). The van der Waals surface area contributed by atoms with Crippen LogP contribution in [0.1, 0.15) is 28.2 Å². The van der Waals surface area contributed by atoms with E-state index in [-0.39, 0.29) is 12.5 Å². The number of nitrogens with two attached hydrogens (primary N) is 1. The van der Waals surface area contributed by atoms with Gasteiger partial charge in [0.25, 0.3) is 0 Å². The molecule has 1 aromatic heterocycles. The molecule has 0 saturated carbocycles. The van der Waals surface area contributed by atoms with Gasteiger partial charge in [-0.1, -0.05) is 68.2 Å². The van der Waals surface area contributed by atoms with Crippen molar-refractivity contribution < 1.29 is 19.1 Å². The van der Waals surface area contributed by atoms with Crippen molar-refractivity contribution in [1.82, 2.24) is 4.98 Å². The van der Waals surface area contributed by atoms with Crippen LogP contribution in [0.25, 0.3) is 10.9 Å². The minimum Gasteiger partial charge on any atom is -0.450 e. The molecule has 1 unspecified atom stereocenters. The van der Waals surface area contributed by atoms with Crippen molar-refractivity contribution in [2.75, 3.05) is 23.8 Å². The summed E-state index contributed by atoms with van der Waals surface area (Å²) >= 11 is 0. The van der Waals surface area contributed by atoms with Crippen molar-refractivity contribution in [1.29, 1.82) is 0 Å². The number of nitrogens with one attached hydrogen (secondary N) is 3. The molecule has 210 valence electrons. The zero-order chi connectivity index (χ0) is 28.7. The first-order valence-corrected chi connectivity index (χ1v) is 17.2. The number of ether oxygens (including phenoxy) is 2. The molecule has 1 heterocycles. The van der Waals surface area contributed by atoms with Gasteiger partial charge >= 0.3 is 12.2 Å². The van der Waals surface area contributed by atoms with Crippen molar-refractivity contribution in [2.24, 2.45) is 5.73 Å². The molecule has 8 nitrogen and oxygen atoms in total. The van der Waals surface area contributed by atoms with Gasteiger partial charge in [-0.3, -0.25) is 10.6 Å². The van der Waals surface area contributed by atoms with E-state index in [2.05, 4.69) is 35.3 Å². The van der Waals surface area contributed by atoms with E-state index in [4.69, 9.17) is 15.2 Å². The molecule has 4 aromatic rings. The van der Waals surface area contributed by atoms with Gasteiger partial charge in [-0.2, -0.15) is 0 Å². The molecule has 9 heteroatoms. The summed E-state index contributed by atoms with van der Waals surface area (Å²) in [5.41, 5.74) is 12.4. The number of anilines is 2. The molecule has 0 saturated heterocycles. The summed E-state index contributed by atoms with van der Waals surface area (Å²) in [6.07, 6.45) is 0.984. The number of fused-ring (bicyclic) bond motifs is 1. The van der Waals surface area contributed by atoms with Gasteiger partial charge in [0.15, 0.2) is 0 Å². The van der Waals surface area contributed by atoms with Crippen LogP contribution in [0.5, 0.6) is 0 Å². The number of aromatic amines is 1. The fraction of sp³-hybridized carbons (Fsp3) is 0.290. The van der Waals surface area contributed by atoms with E-state index in [0.717, 1.165) is 39.2 Å². The van der Waals surface area contributed by atoms with E-state index in [0.29, 0.717) is 24.5 Å². The van der Waals surface area contributed by atoms with Crippen LogP contribution in [0.3, 0.4) is 0 Å². The zero-order valence-electron chi connectivity index (χ0n) is 23.5. The molecule has 0 radical (unpaired) electrons. The van der Waals surface area contributed by atoms with Gasteiger partial charge in [-0.25, -0.2) is 9.59 Å². The number of amides is 2. The lowest BCUT2D eigenvalue weighted by molar-refractivity contribution is 0.155. The topological polar surface area (TPSA) is 118 Å². The number of H-pyrrole nitrogens is 1. The molecule has 2 amide bonds. The summed E-state index contributed by atoms with van der Waals surface area (Å²) in [7, 11) is -1.27. The van der Waals surface area contributed by atoms with E-state index in [1.54, 1.807) is 0 Å². The van der Waals surface area contributed by atoms with E-state index in [1.165, 1.54) is 0 Å². The third kappa shape index (κ3) is 7.52. The number of carbonyl (C=O) groups is 2. The summed E-state index contributed by atoms with van der Waals surface area (Å²) in [4.78, 5) is 28.1. The van der Waals surface area contributed by atoms with Gasteiger partial charge in [-0.05, 0) is 53.4 Å². The molecule has 1 atom stereocenters. The van der Waals surface area contributed by atoms with Gasteiger partial charge in [-0.15, -0.1) is 0 Å². The van der Waals surface area contributed by atoms with Crippen LogP contribution < -0.4 is 16.4 Å². The average molecular weight is 559 g/mol. The number of aromatic nitrogens is 1. The lowest BCUT2D eigenvalue weighted by Gasteiger charge is -2.20. The van der Waals surface area contributed by atoms with Crippen molar-refractivity contribution in [3.8, 4) is 0 Å². The molecule has 0 spiro atoms. The van der Waals surface area contributed by atoms with Gasteiger partial charge in [0, 0.05) is 49.0 Å². The molecular formula is C31H38N4O4Si. The Labute approximate surface area is 236 Å². The van der Waals surface area contributed by atoms with Crippen LogP contribution in [0.4, 0.5) is 21.0 Å². The number of rotatable bonds is 10. The van der Waals surface area contributed by atoms with Gasteiger partial charge in [0.2, 0.25) is 0 Å². The monoisotopic (exact) mass is 558 g/mol. The second-order valence-electron chi connectivity index (χ2n) is 11.1. The SMILES string of the molecule is Cc1c(NC(=O)OCc2ccccc2)cccc1C(CN)c1c[nH]c2cc(NC(=O)OCC[Si](C)(C)C)ccc12. The lowest BCUT2D eigenvalue weighted by Crippen LogP contribution is -2.24. The second kappa shape index (κ2) is 12.8. The van der Waals surface area contributed by atoms with Crippen LogP contribution >= 0.6 is 0 Å². The maximum Gasteiger partial charge on any atom is 0.411 e. The van der Waals surface area contributed by atoms with Crippen molar-refractivity contribution in [3.63, 3.8) is 0 Å². The maximum absolute atomic E-state index is 12.5. The largest absolute Gasteiger partial charge is 0.450 e. The Morgan fingerprint density at radius 3 is 2.40 bits per heavy atom. The molecule has 0 aliphatic heterocycles. The van der Waals surface area contributed by atoms with E-state index >= 15 is 0 Å². The maximum atomic E-state index is 12.5. The lowest BCUT2D eigenvalue weighted by atomic mass is 9.87. The molecule has 0 aliphatic carbocycles. The highest BCUT2D eigenvalue weighted by Gasteiger charge is 2.21. The Balaban J connectivity index is 1.46. The minimum absolute atomic E-state index is 0.110. The first-order chi connectivity index (χ1) is 19.1. The van der Waals surface area contributed by atoms with E-state index in [1.807, 2.05) is 79.9 Å². The van der Waals surface area contributed by atoms with E-state index < -0.39 is 20.3 Å². The molecule has 5 N–H and O–H groups in total. The predicted octanol–water partition coefficient (Wildman–Crippen LogP) is 7.20. The summed E-state index contributed by atoms with van der Waals surface area (Å²) in [6.45, 7) is 9.69. The highest BCUT2D eigenvalue weighted by atomic mass is 28.3. The fourth-order valence-electron chi connectivity index (χ4n) is 4.58. The van der Waals surface area contributed by atoms with Crippen LogP contribution in [0, 0.1) is 6.92 Å². The molecule has 0 fully saturated rings. The highest BCUT2D eigenvalue weighted by molar-refractivity contribution is 6.76. The molecule has 40 heavy (non-hydrogen) atoms. The first kappa shape index (κ1) is 28.9. The standard InChI is InChI=1S/C31H38N4O4Si/c1-21-24(11-8-12-28(21)35-31(37)39-20-22-9-6-5-7-10-22)26(18-32)27-19-33-29-17-23(13-14-25(27)29)34-30(36)38-15-16-40(2,3)4/h5-14,17,19,26,33H,15-16,18,20,32H2,1-4H3,(H,34,36)(H,35,37). The smallest absolute Gasteiger partial charge is 0.411 e. The fourth-order valence-corrected chi connectivity index (χ4v) is 5.29. The van der Waals surface area contributed by atoms with Gasteiger partial charge < -0.3 is 20.2 Å². The number of benzene rings is 3. The van der Waals surface area contributed by atoms with Crippen LogP contribution in [0.15, 0.2) is 72.9 Å². The third-order valence-corrected chi connectivity index (χ3v) is 8.56. The summed E-state index contributed by atoms with van der Waals surface area (Å²) in [6, 6.07) is 22.0. The zero-order valence-corrected chi connectivity index (χ0v) is 24.5. The predicted molar refractivity (Wildman–Crippen MR) is 164 cm³/mol. The van der Waals surface area contributed by atoms with Gasteiger partial charge in [0.05, 0.1) is 6.61 Å². The molecule has 0 bridgehead atoms. The average Bonchev–Trinajstić information content (AvgIpc) is 3.33. The van der Waals surface area contributed by atoms with Crippen LogP contribution in [-0.2, 0) is 16.1 Å². The Morgan fingerprint density at radius 2 is 1.68 bits per heavy atom. The van der Waals surface area contributed by atoms with Crippen LogP contribution in [-0.4, -0.2) is 38.4 Å². The summed E-state index contributed by atoms with van der Waals surface area (Å²) in [5.74, 6) is -0.110. The first-order valence-electron chi connectivity index (χ1n) is 13.5.